The quantitative estimate of drug-likeness (QED) is 0.697. The summed E-state index contributed by atoms with van der Waals surface area (Å²) < 4.78 is 5.41. The van der Waals surface area contributed by atoms with Crippen LogP contribution in [0.25, 0.3) is 0 Å². The number of carbonyl (C=O) groups excluding carboxylic acids is 2. The average molecular weight is 377 g/mol. The number of hydrogen-bond donors (Lipinski definition) is 3. The van der Waals surface area contributed by atoms with Crippen molar-refractivity contribution in [2.75, 3.05) is 11.9 Å². The highest BCUT2D eigenvalue weighted by molar-refractivity contribution is 7.80. The molecule has 0 saturated heterocycles. The molecule has 0 radical (unpaired) electrons. The van der Waals surface area contributed by atoms with Gasteiger partial charge in [0.1, 0.15) is 10.8 Å². The van der Waals surface area contributed by atoms with Crippen LogP contribution in [-0.2, 0) is 4.79 Å². The van der Waals surface area contributed by atoms with Gasteiger partial charge < -0.3 is 15.8 Å². The van der Waals surface area contributed by atoms with Crippen LogP contribution in [0.15, 0.2) is 24.3 Å². The van der Waals surface area contributed by atoms with E-state index in [-0.39, 0.29) is 11.7 Å². The minimum absolute atomic E-state index is 0.0848. The van der Waals surface area contributed by atoms with Gasteiger partial charge in [-0.05, 0) is 56.2 Å². The first-order valence-corrected chi connectivity index (χ1v) is 8.70. The highest BCUT2D eigenvalue weighted by Gasteiger charge is 2.18. The Hall–Kier alpha value is -2.45. The molecule has 0 saturated carbocycles. The van der Waals surface area contributed by atoms with E-state index in [0.29, 0.717) is 16.3 Å². The molecule has 4 N–H and O–H groups in total. The van der Waals surface area contributed by atoms with E-state index in [1.807, 2.05) is 39.0 Å². The minimum atomic E-state index is -0.541. The monoisotopic (exact) mass is 377 g/mol. The number of aryl methyl sites for hydroxylation is 2. The second-order valence-electron chi connectivity index (χ2n) is 5.46. The topological polar surface area (TPSA) is 93.4 Å². The zero-order valence-corrected chi connectivity index (χ0v) is 15.8. The van der Waals surface area contributed by atoms with Gasteiger partial charge in [-0.3, -0.25) is 14.9 Å². The number of nitrogens with one attached hydrogen (secondary N) is 2. The predicted molar refractivity (Wildman–Crippen MR) is 103 cm³/mol. The lowest BCUT2D eigenvalue weighted by Crippen LogP contribution is -2.37. The van der Waals surface area contributed by atoms with Crippen LogP contribution >= 0.6 is 23.6 Å². The van der Waals surface area contributed by atoms with Gasteiger partial charge in [0.15, 0.2) is 11.7 Å². The Morgan fingerprint density at radius 3 is 2.64 bits per heavy atom. The third kappa shape index (κ3) is 5.01. The molecule has 0 fully saturated rings. The first-order valence-electron chi connectivity index (χ1n) is 7.48. The molecule has 1 aromatic heterocycles. The fraction of sp³-hybridized carbons (Fsp3) is 0.235. The van der Waals surface area contributed by atoms with E-state index in [0.717, 1.165) is 16.0 Å². The van der Waals surface area contributed by atoms with Crippen LogP contribution in [0, 0.1) is 20.8 Å². The maximum atomic E-state index is 11.9. The molecule has 2 amide bonds. The maximum absolute atomic E-state index is 11.9. The van der Waals surface area contributed by atoms with Crippen molar-refractivity contribution >= 4 is 45.5 Å². The van der Waals surface area contributed by atoms with Crippen molar-refractivity contribution in [2.24, 2.45) is 5.73 Å². The molecule has 25 heavy (non-hydrogen) atoms. The van der Waals surface area contributed by atoms with Crippen LogP contribution in [-0.4, -0.2) is 23.5 Å². The number of nitrogens with two attached hydrogens (primary N) is 1. The average Bonchev–Trinajstić information content (AvgIpc) is 2.79. The van der Waals surface area contributed by atoms with Crippen LogP contribution in [0.3, 0.4) is 0 Å². The first kappa shape index (κ1) is 18.9. The van der Waals surface area contributed by atoms with E-state index in [2.05, 4.69) is 10.6 Å². The number of primary amides is 1. The first-order chi connectivity index (χ1) is 11.8. The summed E-state index contributed by atoms with van der Waals surface area (Å²) in [7, 11) is 0. The molecule has 0 bridgehead atoms. The summed E-state index contributed by atoms with van der Waals surface area (Å²) in [4.78, 5) is 24.5. The van der Waals surface area contributed by atoms with Gasteiger partial charge >= 0.3 is 0 Å². The van der Waals surface area contributed by atoms with E-state index in [1.165, 1.54) is 11.3 Å². The Labute approximate surface area is 155 Å². The number of rotatable bonds is 5. The van der Waals surface area contributed by atoms with E-state index < -0.39 is 11.8 Å². The molecule has 0 aliphatic heterocycles. The lowest BCUT2D eigenvalue weighted by molar-refractivity contribution is -0.121. The van der Waals surface area contributed by atoms with Crippen molar-refractivity contribution in [3.8, 4) is 5.75 Å². The smallest absolute Gasteiger partial charge is 0.264 e. The molecule has 8 heteroatoms. The standard InChI is InChI=1S/C17H19N3O3S2/c1-9-5-4-6-12(7-9)23-8-13(21)19-17(24)20-16-14(15(18)22)10(2)11(3)25-16/h4-7H,8H2,1-3H3,(H2,18,22)(H2,19,20,21,24). The molecule has 2 rings (SSSR count). The van der Waals surface area contributed by atoms with Crippen LogP contribution in [0.5, 0.6) is 5.75 Å². The Bertz CT molecular complexity index is 831. The van der Waals surface area contributed by atoms with E-state index in [1.54, 1.807) is 6.07 Å². The summed E-state index contributed by atoms with van der Waals surface area (Å²) in [5.41, 5.74) is 7.63. The van der Waals surface area contributed by atoms with Gasteiger partial charge in [0.25, 0.3) is 11.8 Å². The van der Waals surface area contributed by atoms with Crippen molar-refractivity contribution in [3.05, 3.63) is 45.8 Å². The molecule has 0 spiro atoms. The number of hydrogen-bond acceptors (Lipinski definition) is 5. The zero-order chi connectivity index (χ0) is 18.6. The van der Waals surface area contributed by atoms with Gasteiger partial charge in [-0.25, -0.2) is 0 Å². The highest BCUT2D eigenvalue weighted by atomic mass is 32.1. The highest BCUT2D eigenvalue weighted by Crippen LogP contribution is 2.31. The molecule has 132 valence electrons. The van der Waals surface area contributed by atoms with Crippen LogP contribution < -0.4 is 21.1 Å². The normalized spacial score (nSPS) is 10.2. The molecule has 6 nitrogen and oxygen atoms in total. The lowest BCUT2D eigenvalue weighted by Gasteiger charge is -2.10. The summed E-state index contributed by atoms with van der Waals surface area (Å²) in [6.45, 7) is 5.47. The third-order valence-corrected chi connectivity index (χ3v) is 4.80. The number of anilines is 1. The molecule has 0 aliphatic rings. The van der Waals surface area contributed by atoms with Crippen molar-refractivity contribution in [1.82, 2.24) is 5.32 Å². The van der Waals surface area contributed by atoms with Crippen molar-refractivity contribution in [1.29, 1.82) is 0 Å². The number of ether oxygens (including phenoxy) is 1. The Kier molecular flexibility index (Phi) is 6.11. The van der Waals surface area contributed by atoms with Crippen molar-refractivity contribution < 1.29 is 14.3 Å². The Morgan fingerprint density at radius 1 is 1.28 bits per heavy atom. The van der Waals surface area contributed by atoms with Crippen LogP contribution in [0.4, 0.5) is 5.00 Å². The summed E-state index contributed by atoms with van der Waals surface area (Å²) in [5, 5.41) is 5.98. The second kappa shape index (κ2) is 8.09. The van der Waals surface area contributed by atoms with E-state index in [4.69, 9.17) is 22.7 Å². The van der Waals surface area contributed by atoms with Gasteiger partial charge in [-0.15, -0.1) is 11.3 Å². The summed E-state index contributed by atoms with van der Waals surface area (Å²) >= 11 is 6.47. The molecule has 2 aromatic rings. The van der Waals surface area contributed by atoms with E-state index in [9.17, 15) is 9.59 Å². The van der Waals surface area contributed by atoms with Crippen molar-refractivity contribution in [2.45, 2.75) is 20.8 Å². The van der Waals surface area contributed by atoms with E-state index >= 15 is 0 Å². The SMILES string of the molecule is Cc1cccc(OCC(=O)NC(=S)Nc2sc(C)c(C)c2C(N)=O)c1. The van der Waals surface area contributed by atoms with Crippen LogP contribution in [0.1, 0.15) is 26.4 Å². The maximum Gasteiger partial charge on any atom is 0.264 e. The summed E-state index contributed by atoms with van der Waals surface area (Å²) in [6.07, 6.45) is 0. The lowest BCUT2D eigenvalue weighted by atomic mass is 10.1. The van der Waals surface area contributed by atoms with Gasteiger partial charge in [-0.2, -0.15) is 0 Å². The summed E-state index contributed by atoms with van der Waals surface area (Å²) in [5.74, 6) is -0.333. The molecular weight excluding hydrogens is 358 g/mol. The number of benzene rings is 1. The second-order valence-corrected chi connectivity index (χ2v) is 7.09. The van der Waals surface area contributed by atoms with Gasteiger partial charge in [0, 0.05) is 4.88 Å². The number of thiophene rings is 1. The Balaban J connectivity index is 1.93. The predicted octanol–water partition coefficient (Wildman–Crippen LogP) is 2.66. The van der Waals surface area contributed by atoms with Crippen LogP contribution in [0.2, 0.25) is 0 Å². The number of carbonyl (C=O) groups is 2. The number of amides is 2. The largest absolute Gasteiger partial charge is 0.484 e. The molecule has 1 heterocycles. The van der Waals surface area contributed by atoms with Gasteiger partial charge in [0.05, 0.1) is 5.56 Å². The van der Waals surface area contributed by atoms with Gasteiger partial charge in [0.2, 0.25) is 0 Å². The van der Waals surface area contributed by atoms with Gasteiger partial charge in [-0.1, -0.05) is 12.1 Å². The molecular formula is C17H19N3O3S2. The fourth-order valence-corrected chi connectivity index (χ4v) is 3.51. The summed E-state index contributed by atoms with van der Waals surface area (Å²) in [6, 6.07) is 7.39. The van der Waals surface area contributed by atoms with Crippen molar-refractivity contribution in [3.63, 3.8) is 0 Å². The molecule has 0 unspecified atom stereocenters. The molecule has 0 atom stereocenters. The minimum Gasteiger partial charge on any atom is -0.484 e. The third-order valence-electron chi connectivity index (χ3n) is 3.47. The zero-order valence-electron chi connectivity index (χ0n) is 14.1. The molecule has 1 aromatic carbocycles. The molecule has 0 aliphatic carbocycles. The fourth-order valence-electron chi connectivity index (χ4n) is 2.16. The number of thiocarbonyl (C=S) groups is 1. The Morgan fingerprint density at radius 2 is 2.00 bits per heavy atom.